The first-order chi connectivity index (χ1) is 6.15. The second-order valence-electron chi connectivity index (χ2n) is 2.65. The van der Waals surface area contributed by atoms with Gasteiger partial charge in [0.05, 0.1) is 17.9 Å². The van der Waals surface area contributed by atoms with E-state index in [1.54, 1.807) is 6.92 Å². The fourth-order valence-electron chi connectivity index (χ4n) is 0.791. The number of aliphatic hydroxyl groups excluding tert-OH is 1. The van der Waals surface area contributed by atoms with Crippen LogP contribution in [0.15, 0.2) is 16.7 Å². The first-order valence-electron chi connectivity index (χ1n) is 3.80. The molecule has 2 N–H and O–H groups in total. The van der Waals surface area contributed by atoms with Crippen LogP contribution in [0.3, 0.4) is 0 Å². The number of aliphatic hydroxyl groups is 1. The van der Waals surface area contributed by atoms with E-state index in [9.17, 15) is 4.79 Å². The molecule has 72 valence electrons. The van der Waals surface area contributed by atoms with Crippen molar-refractivity contribution in [2.45, 2.75) is 13.0 Å². The number of rotatable bonds is 3. The fraction of sp³-hybridized carbons (Fsp3) is 0.375. The van der Waals surface area contributed by atoms with Crippen molar-refractivity contribution in [3.8, 4) is 0 Å². The topological polar surface area (TPSA) is 62.5 Å². The summed E-state index contributed by atoms with van der Waals surface area (Å²) < 4.78 is 4.85. The lowest BCUT2D eigenvalue weighted by atomic mass is 10.3. The van der Waals surface area contributed by atoms with Gasteiger partial charge in [0.1, 0.15) is 0 Å². The van der Waals surface area contributed by atoms with Gasteiger partial charge in [-0.05, 0) is 13.0 Å². The molecular formula is C8H10ClNO3. The molecule has 0 aliphatic heterocycles. The molecule has 0 saturated heterocycles. The summed E-state index contributed by atoms with van der Waals surface area (Å²) in [6, 6.07) is 1.17. The number of hydrogen-bond acceptors (Lipinski definition) is 3. The maximum atomic E-state index is 11.3. The number of carbonyl (C=O) groups is 1. The number of nitrogens with one attached hydrogen (secondary N) is 1. The molecule has 0 aliphatic carbocycles. The van der Waals surface area contributed by atoms with Gasteiger partial charge in [-0.2, -0.15) is 0 Å². The highest BCUT2D eigenvalue weighted by Gasteiger charge is 2.15. The molecule has 1 aromatic rings. The molecule has 4 nitrogen and oxygen atoms in total. The van der Waals surface area contributed by atoms with Gasteiger partial charge in [-0.25, -0.2) is 0 Å². The largest absolute Gasteiger partial charge is 0.458 e. The molecule has 1 amide bonds. The Labute approximate surface area is 80.5 Å². The third kappa shape index (κ3) is 2.47. The minimum atomic E-state index is -0.420. The standard InChI is InChI=1S/C8H10ClNO3/c1-5(4-11)10-8(12)7-6(9)2-3-13-7/h2-3,5,11H,4H2,1H3,(H,10,12)/t5-/m0/s1. The highest BCUT2D eigenvalue weighted by atomic mass is 35.5. The zero-order valence-electron chi connectivity index (χ0n) is 7.08. The molecule has 1 aromatic heterocycles. The van der Waals surface area contributed by atoms with Crippen LogP contribution < -0.4 is 5.32 Å². The molecule has 0 unspecified atom stereocenters. The van der Waals surface area contributed by atoms with Crippen LogP contribution in [0.4, 0.5) is 0 Å². The Bertz CT molecular complexity index is 297. The number of hydrogen-bond donors (Lipinski definition) is 2. The van der Waals surface area contributed by atoms with Gasteiger partial charge in [-0.15, -0.1) is 0 Å². The Balaban J connectivity index is 2.64. The first-order valence-corrected chi connectivity index (χ1v) is 4.17. The van der Waals surface area contributed by atoms with Crippen LogP contribution in [0.2, 0.25) is 5.02 Å². The van der Waals surface area contributed by atoms with Gasteiger partial charge in [-0.1, -0.05) is 11.6 Å². The van der Waals surface area contributed by atoms with Crippen LogP contribution >= 0.6 is 11.6 Å². The second-order valence-corrected chi connectivity index (χ2v) is 3.06. The molecule has 1 heterocycles. The lowest BCUT2D eigenvalue weighted by Gasteiger charge is -2.08. The van der Waals surface area contributed by atoms with E-state index in [-0.39, 0.29) is 23.4 Å². The normalized spacial score (nSPS) is 12.5. The van der Waals surface area contributed by atoms with E-state index in [1.165, 1.54) is 12.3 Å². The number of furan rings is 1. The van der Waals surface area contributed by atoms with Crippen molar-refractivity contribution in [3.05, 3.63) is 23.1 Å². The molecule has 0 aromatic carbocycles. The molecule has 0 radical (unpaired) electrons. The van der Waals surface area contributed by atoms with Gasteiger partial charge in [0.15, 0.2) is 0 Å². The molecule has 0 bridgehead atoms. The zero-order valence-corrected chi connectivity index (χ0v) is 7.84. The second kappa shape index (κ2) is 4.30. The lowest BCUT2D eigenvalue weighted by molar-refractivity contribution is 0.0894. The summed E-state index contributed by atoms with van der Waals surface area (Å²) in [5.41, 5.74) is 0. The first kappa shape index (κ1) is 10.1. The quantitative estimate of drug-likeness (QED) is 0.772. The summed E-state index contributed by atoms with van der Waals surface area (Å²) in [7, 11) is 0. The van der Waals surface area contributed by atoms with Gasteiger partial charge < -0.3 is 14.8 Å². The van der Waals surface area contributed by atoms with Crippen molar-refractivity contribution >= 4 is 17.5 Å². The summed E-state index contributed by atoms with van der Waals surface area (Å²) in [6.07, 6.45) is 1.33. The predicted molar refractivity (Wildman–Crippen MR) is 47.7 cm³/mol. The van der Waals surface area contributed by atoms with Gasteiger partial charge in [0.25, 0.3) is 5.91 Å². The van der Waals surface area contributed by atoms with Crippen molar-refractivity contribution in [3.63, 3.8) is 0 Å². The average Bonchev–Trinajstić information content (AvgIpc) is 2.51. The van der Waals surface area contributed by atoms with Crippen molar-refractivity contribution < 1.29 is 14.3 Å². The van der Waals surface area contributed by atoms with E-state index in [4.69, 9.17) is 21.1 Å². The average molecular weight is 204 g/mol. The van der Waals surface area contributed by atoms with Gasteiger partial charge in [0.2, 0.25) is 5.76 Å². The van der Waals surface area contributed by atoms with Gasteiger partial charge in [0, 0.05) is 6.04 Å². The summed E-state index contributed by atoms with van der Waals surface area (Å²) >= 11 is 5.64. The van der Waals surface area contributed by atoms with Crippen LogP contribution in [-0.4, -0.2) is 23.7 Å². The number of amides is 1. The van der Waals surface area contributed by atoms with E-state index in [2.05, 4.69) is 5.32 Å². The molecule has 0 aliphatic rings. The molecule has 0 fully saturated rings. The molecule has 5 heteroatoms. The predicted octanol–water partition coefficient (Wildman–Crippen LogP) is 1.04. The van der Waals surface area contributed by atoms with Crippen LogP contribution in [-0.2, 0) is 0 Å². The third-order valence-corrected chi connectivity index (χ3v) is 1.77. The number of halogens is 1. The Morgan fingerprint density at radius 2 is 2.54 bits per heavy atom. The van der Waals surface area contributed by atoms with Crippen LogP contribution in [0.1, 0.15) is 17.5 Å². The molecular weight excluding hydrogens is 194 g/mol. The van der Waals surface area contributed by atoms with Gasteiger partial charge >= 0.3 is 0 Å². The Morgan fingerprint density at radius 1 is 1.85 bits per heavy atom. The van der Waals surface area contributed by atoms with Crippen molar-refractivity contribution in [1.29, 1.82) is 0 Å². The smallest absolute Gasteiger partial charge is 0.288 e. The summed E-state index contributed by atoms with van der Waals surface area (Å²) in [4.78, 5) is 11.3. The molecule has 0 spiro atoms. The molecule has 1 rings (SSSR count). The Kier molecular flexibility index (Phi) is 3.33. The van der Waals surface area contributed by atoms with Crippen molar-refractivity contribution in [2.75, 3.05) is 6.61 Å². The highest BCUT2D eigenvalue weighted by molar-refractivity contribution is 6.33. The van der Waals surface area contributed by atoms with E-state index >= 15 is 0 Å². The highest BCUT2D eigenvalue weighted by Crippen LogP contribution is 2.16. The van der Waals surface area contributed by atoms with E-state index < -0.39 is 5.91 Å². The minimum Gasteiger partial charge on any atom is -0.458 e. The zero-order chi connectivity index (χ0) is 9.84. The van der Waals surface area contributed by atoms with Crippen LogP contribution in [0.5, 0.6) is 0 Å². The summed E-state index contributed by atoms with van der Waals surface area (Å²) in [5.74, 6) is -0.349. The van der Waals surface area contributed by atoms with E-state index in [1.807, 2.05) is 0 Å². The molecule has 0 saturated carbocycles. The molecule has 13 heavy (non-hydrogen) atoms. The Hall–Kier alpha value is -1.00. The van der Waals surface area contributed by atoms with Crippen LogP contribution in [0.25, 0.3) is 0 Å². The van der Waals surface area contributed by atoms with Crippen LogP contribution in [0, 0.1) is 0 Å². The Morgan fingerprint density at radius 3 is 3.00 bits per heavy atom. The third-order valence-electron chi connectivity index (χ3n) is 1.47. The van der Waals surface area contributed by atoms with E-state index in [0.717, 1.165) is 0 Å². The molecule has 1 atom stereocenters. The lowest BCUT2D eigenvalue weighted by Crippen LogP contribution is -2.34. The van der Waals surface area contributed by atoms with Crippen molar-refractivity contribution in [1.82, 2.24) is 5.32 Å². The van der Waals surface area contributed by atoms with Crippen molar-refractivity contribution in [2.24, 2.45) is 0 Å². The maximum absolute atomic E-state index is 11.3. The maximum Gasteiger partial charge on any atom is 0.288 e. The van der Waals surface area contributed by atoms with Gasteiger partial charge in [-0.3, -0.25) is 4.79 Å². The summed E-state index contributed by atoms with van der Waals surface area (Å²) in [6.45, 7) is 1.55. The van der Waals surface area contributed by atoms with E-state index in [0.29, 0.717) is 0 Å². The number of carbonyl (C=O) groups excluding carboxylic acids is 1. The monoisotopic (exact) mass is 203 g/mol. The summed E-state index contributed by atoms with van der Waals surface area (Å²) in [5, 5.41) is 11.4. The minimum absolute atomic E-state index is 0.0713. The fourth-order valence-corrected chi connectivity index (χ4v) is 0.973. The SMILES string of the molecule is C[C@@H](CO)NC(=O)c1occc1Cl.